The molecule has 0 aliphatic heterocycles. The van der Waals surface area contributed by atoms with Crippen LogP contribution in [-0.2, 0) is 6.18 Å². The smallest absolute Gasteiger partial charge is 0.416 e. The molecule has 0 aromatic heterocycles. The first-order valence-electron chi connectivity index (χ1n) is 6.06. The monoisotopic (exact) mass is 288 g/mol. The van der Waals surface area contributed by atoms with E-state index in [4.69, 9.17) is 4.74 Å². The van der Waals surface area contributed by atoms with Gasteiger partial charge in [-0.15, -0.1) is 0 Å². The van der Waals surface area contributed by atoms with E-state index < -0.39 is 11.7 Å². The van der Waals surface area contributed by atoms with Crippen molar-refractivity contribution in [2.45, 2.75) is 6.18 Å². The Hall–Kier alpha value is -2.67. The molecule has 106 valence electrons. The first kappa shape index (κ1) is 14.7. The van der Waals surface area contributed by atoms with Gasteiger partial charge in [0, 0.05) is 5.56 Å². The maximum Gasteiger partial charge on any atom is 0.416 e. The number of halogens is 3. The fourth-order valence-corrected chi connectivity index (χ4v) is 1.64. The Morgan fingerprint density at radius 1 is 0.952 bits per heavy atom. The molecule has 0 atom stereocenters. The van der Waals surface area contributed by atoms with Crippen LogP contribution < -0.4 is 4.74 Å². The van der Waals surface area contributed by atoms with Gasteiger partial charge in [-0.1, -0.05) is 30.6 Å². The van der Waals surface area contributed by atoms with Crippen molar-refractivity contribution in [3.05, 3.63) is 78.1 Å². The van der Waals surface area contributed by atoms with Crippen LogP contribution in [0.15, 0.2) is 61.4 Å². The molecule has 0 heterocycles. The highest BCUT2D eigenvalue weighted by Crippen LogP contribution is 2.29. The molecule has 0 saturated carbocycles. The predicted molar refractivity (Wildman–Crippen MR) is 74.7 cm³/mol. The van der Waals surface area contributed by atoms with Gasteiger partial charge in [0.15, 0.2) is 0 Å². The molecule has 0 saturated heterocycles. The van der Waals surface area contributed by atoms with E-state index in [0.29, 0.717) is 16.9 Å². The number of ether oxygens (including phenoxy) is 1. The van der Waals surface area contributed by atoms with Crippen LogP contribution >= 0.6 is 0 Å². The van der Waals surface area contributed by atoms with Crippen LogP contribution in [0.1, 0.15) is 16.7 Å². The van der Waals surface area contributed by atoms with E-state index in [-0.39, 0.29) is 0 Å². The second-order valence-corrected chi connectivity index (χ2v) is 4.11. The average Bonchev–Trinajstić information content (AvgIpc) is 2.46. The molecule has 0 aliphatic rings. The number of rotatable bonds is 2. The quantitative estimate of drug-likeness (QED) is 0.578. The summed E-state index contributed by atoms with van der Waals surface area (Å²) in [5, 5.41) is 0. The third-order valence-electron chi connectivity index (χ3n) is 2.65. The van der Waals surface area contributed by atoms with Crippen molar-refractivity contribution in [1.29, 1.82) is 0 Å². The van der Waals surface area contributed by atoms with Gasteiger partial charge in [0.1, 0.15) is 5.75 Å². The van der Waals surface area contributed by atoms with Crippen LogP contribution in [0, 0.1) is 11.8 Å². The topological polar surface area (TPSA) is 9.23 Å². The second kappa shape index (κ2) is 6.19. The summed E-state index contributed by atoms with van der Waals surface area (Å²) in [5.41, 5.74) is 0.442. The maximum absolute atomic E-state index is 12.4. The van der Waals surface area contributed by atoms with Crippen LogP contribution in [0.5, 0.6) is 5.75 Å². The van der Waals surface area contributed by atoms with Gasteiger partial charge in [-0.2, -0.15) is 13.2 Å². The minimum atomic E-state index is -4.34. The first-order chi connectivity index (χ1) is 10.0. The Labute approximate surface area is 120 Å². The van der Waals surface area contributed by atoms with Gasteiger partial charge in [0.05, 0.1) is 17.4 Å². The third-order valence-corrected chi connectivity index (χ3v) is 2.65. The summed E-state index contributed by atoms with van der Waals surface area (Å²) in [6.45, 7) is 3.47. The molecule has 2 aromatic carbocycles. The lowest BCUT2D eigenvalue weighted by molar-refractivity contribution is -0.137. The molecule has 1 nitrogen and oxygen atoms in total. The number of para-hydroxylation sites is 1. The Morgan fingerprint density at radius 3 is 2.24 bits per heavy atom. The van der Waals surface area contributed by atoms with E-state index in [1.54, 1.807) is 24.3 Å². The van der Waals surface area contributed by atoms with Crippen molar-refractivity contribution in [2.24, 2.45) is 0 Å². The molecule has 0 fully saturated rings. The van der Waals surface area contributed by atoms with Crippen LogP contribution in [0.3, 0.4) is 0 Å². The molecule has 0 bridgehead atoms. The molecule has 0 spiro atoms. The lowest BCUT2D eigenvalue weighted by atomic mass is 10.1. The summed E-state index contributed by atoms with van der Waals surface area (Å²) in [6.07, 6.45) is -3.05. The zero-order valence-electron chi connectivity index (χ0n) is 10.9. The highest BCUT2D eigenvalue weighted by molar-refractivity contribution is 5.50. The highest BCUT2D eigenvalue weighted by Gasteiger charge is 2.29. The summed E-state index contributed by atoms with van der Waals surface area (Å²) >= 11 is 0. The van der Waals surface area contributed by atoms with Crippen LogP contribution in [0.4, 0.5) is 13.2 Å². The van der Waals surface area contributed by atoms with Gasteiger partial charge >= 0.3 is 6.18 Å². The van der Waals surface area contributed by atoms with Crippen molar-refractivity contribution >= 4 is 0 Å². The van der Waals surface area contributed by atoms with Gasteiger partial charge in [-0.3, -0.25) is 0 Å². The Balaban J connectivity index is 2.25. The van der Waals surface area contributed by atoms with Crippen LogP contribution in [0.25, 0.3) is 0 Å². The van der Waals surface area contributed by atoms with E-state index in [2.05, 4.69) is 18.4 Å². The zero-order valence-corrected chi connectivity index (χ0v) is 10.9. The molecule has 0 unspecified atom stereocenters. The predicted octanol–water partition coefficient (Wildman–Crippen LogP) is 4.63. The van der Waals surface area contributed by atoms with Crippen LogP contribution in [-0.4, -0.2) is 0 Å². The summed E-state index contributed by atoms with van der Waals surface area (Å²) in [4.78, 5) is 0. The largest absolute Gasteiger partial charge is 0.464 e. The average molecular weight is 288 g/mol. The summed E-state index contributed by atoms with van der Waals surface area (Å²) in [6, 6.07) is 11.8. The van der Waals surface area contributed by atoms with E-state index in [1.165, 1.54) is 18.4 Å². The minimum Gasteiger partial charge on any atom is -0.464 e. The molecule has 4 heteroatoms. The summed E-state index contributed by atoms with van der Waals surface area (Å²) in [5.74, 6) is 6.22. The van der Waals surface area contributed by atoms with Crippen LogP contribution in [0.2, 0.25) is 0 Å². The Bertz CT molecular complexity index is 688. The standard InChI is InChI=1S/C17H11F3O/c1-2-21-16-6-4-3-5-14(16)10-7-13-8-11-15(12-9-13)17(18,19)20/h2-6,8-9,11-12H,1H2. The Morgan fingerprint density at radius 2 is 1.62 bits per heavy atom. The van der Waals surface area contributed by atoms with E-state index >= 15 is 0 Å². The Kier molecular flexibility index (Phi) is 4.34. The van der Waals surface area contributed by atoms with Crippen molar-refractivity contribution < 1.29 is 17.9 Å². The number of benzene rings is 2. The maximum atomic E-state index is 12.4. The number of hydrogen-bond acceptors (Lipinski definition) is 1. The first-order valence-corrected chi connectivity index (χ1v) is 6.06. The SMILES string of the molecule is C=COc1ccccc1C#Cc1ccc(C(F)(F)F)cc1. The molecule has 2 rings (SSSR count). The lowest BCUT2D eigenvalue weighted by Gasteiger charge is -2.05. The second-order valence-electron chi connectivity index (χ2n) is 4.11. The van der Waals surface area contributed by atoms with Gasteiger partial charge < -0.3 is 4.74 Å². The van der Waals surface area contributed by atoms with E-state index in [9.17, 15) is 13.2 Å². The molecule has 2 aromatic rings. The molecule has 0 radical (unpaired) electrons. The molecular weight excluding hydrogens is 277 g/mol. The molecule has 0 amide bonds. The number of alkyl halides is 3. The normalized spacial score (nSPS) is 10.4. The van der Waals surface area contributed by atoms with Gasteiger partial charge in [0.25, 0.3) is 0 Å². The lowest BCUT2D eigenvalue weighted by Crippen LogP contribution is -2.04. The van der Waals surface area contributed by atoms with Gasteiger partial charge in [-0.25, -0.2) is 0 Å². The molecule has 21 heavy (non-hydrogen) atoms. The van der Waals surface area contributed by atoms with Gasteiger partial charge in [-0.05, 0) is 36.4 Å². The zero-order chi connectivity index (χ0) is 15.3. The van der Waals surface area contributed by atoms with Crippen molar-refractivity contribution in [1.82, 2.24) is 0 Å². The molecule has 0 aliphatic carbocycles. The third kappa shape index (κ3) is 3.90. The number of hydrogen-bond donors (Lipinski definition) is 0. The molecule has 0 N–H and O–H groups in total. The van der Waals surface area contributed by atoms with Gasteiger partial charge in [0.2, 0.25) is 0 Å². The summed E-state index contributed by atoms with van der Waals surface area (Å²) < 4.78 is 42.5. The fraction of sp³-hybridized carbons (Fsp3) is 0.0588. The van der Waals surface area contributed by atoms with E-state index in [1.807, 2.05) is 0 Å². The fourth-order valence-electron chi connectivity index (χ4n) is 1.64. The summed E-state index contributed by atoms with van der Waals surface area (Å²) in [7, 11) is 0. The highest BCUT2D eigenvalue weighted by atomic mass is 19.4. The van der Waals surface area contributed by atoms with Crippen molar-refractivity contribution in [3.63, 3.8) is 0 Å². The van der Waals surface area contributed by atoms with Crippen molar-refractivity contribution in [3.8, 4) is 17.6 Å². The minimum absolute atomic E-state index is 0.497. The van der Waals surface area contributed by atoms with Crippen molar-refractivity contribution in [2.75, 3.05) is 0 Å². The molecular formula is C17H11F3O. The van der Waals surface area contributed by atoms with E-state index in [0.717, 1.165) is 12.1 Å².